The van der Waals surface area contributed by atoms with Gasteiger partial charge in [-0.25, -0.2) is 0 Å². The molecular formula is C9H17N. The van der Waals surface area contributed by atoms with Gasteiger partial charge in [-0.1, -0.05) is 6.42 Å². The molecule has 1 unspecified atom stereocenters. The van der Waals surface area contributed by atoms with Gasteiger partial charge in [0, 0.05) is 0 Å². The molecule has 0 heterocycles. The number of hydrogen-bond donors (Lipinski definition) is 1. The van der Waals surface area contributed by atoms with E-state index in [0.717, 1.165) is 11.3 Å². The van der Waals surface area contributed by atoms with Crippen LogP contribution in [0, 0.1) is 11.3 Å². The SMILES string of the molecule is CNCC1CCCC12CC2. The van der Waals surface area contributed by atoms with Crippen molar-refractivity contribution >= 4 is 0 Å². The van der Waals surface area contributed by atoms with Crippen molar-refractivity contribution in [1.29, 1.82) is 0 Å². The lowest BCUT2D eigenvalue weighted by Crippen LogP contribution is -2.22. The van der Waals surface area contributed by atoms with E-state index in [2.05, 4.69) is 12.4 Å². The van der Waals surface area contributed by atoms with E-state index in [-0.39, 0.29) is 0 Å². The summed E-state index contributed by atoms with van der Waals surface area (Å²) < 4.78 is 0. The molecule has 1 spiro atoms. The molecule has 10 heavy (non-hydrogen) atoms. The molecule has 0 amide bonds. The van der Waals surface area contributed by atoms with Gasteiger partial charge in [-0.2, -0.15) is 0 Å². The summed E-state index contributed by atoms with van der Waals surface area (Å²) in [7, 11) is 2.08. The van der Waals surface area contributed by atoms with Crippen LogP contribution in [0.15, 0.2) is 0 Å². The van der Waals surface area contributed by atoms with Gasteiger partial charge in [-0.05, 0) is 50.6 Å². The van der Waals surface area contributed by atoms with E-state index in [0.29, 0.717) is 0 Å². The Labute approximate surface area is 63.2 Å². The van der Waals surface area contributed by atoms with Crippen molar-refractivity contribution in [2.24, 2.45) is 11.3 Å². The summed E-state index contributed by atoms with van der Waals surface area (Å²) >= 11 is 0. The first-order valence-corrected chi connectivity index (χ1v) is 4.52. The molecule has 0 radical (unpaired) electrons. The highest BCUT2D eigenvalue weighted by Gasteiger charge is 2.50. The molecule has 0 aromatic carbocycles. The van der Waals surface area contributed by atoms with Crippen LogP contribution in [0.25, 0.3) is 0 Å². The van der Waals surface area contributed by atoms with Crippen LogP contribution in [0.4, 0.5) is 0 Å². The molecule has 0 aromatic rings. The van der Waals surface area contributed by atoms with Crippen LogP contribution in [-0.2, 0) is 0 Å². The first-order valence-electron chi connectivity index (χ1n) is 4.52. The minimum absolute atomic E-state index is 0.850. The zero-order chi connectivity index (χ0) is 7.03. The Balaban J connectivity index is 1.94. The summed E-state index contributed by atoms with van der Waals surface area (Å²) in [6, 6.07) is 0. The smallest absolute Gasteiger partial charge is 0.00182 e. The normalized spacial score (nSPS) is 35.1. The third-order valence-electron chi connectivity index (χ3n) is 3.44. The monoisotopic (exact) mass is 139 g/mol. The average molecular weight is 139 g/mol. The fraction of sp³-hybridized carbons (Fsp3) is 1.00. The largest absolute Gasteiger partial charge is 0.319 e. The predicted octanol–water partition coefficient (Wildman–Crippen LogP) is 1.79. The minimum atomic E-state index is 0.850. The van der Waals surface area contributed by atoms with E-state index in [1.54, 1.807) is 0 Å². The van der Waals surface area contributed by atoms with Gasteiger partial charge in [-0.3, -0.25) is 0 Å². The number of hydrogen-bond acceptors (Lipinski definition) is 1. The Morgan fingerprint density at radius 2 is 2.20 bits per heavy atom. The molecular weight excluding hydrogens is 122 g/mol. The molecule has 1 nitrogen and oxygen atoms in total. The molecule has 1 N–H and O–H groups in total. The molecule has 1 heteroatoms. The standard InChI is InChI=1S/C9H17N/c1-10-7-8-3-2-4-9(8)5-6-9/h8,10H,2-7H2,1H3. The minimum Gasteiger partial charge on any atom is -0.319 e. The third kappa shape index (κ3) is 0.878. The second-order valence-electron chi connectivity index (χ2n) is 4.01. The van der Waals surface area contributed by atoms with E-state index in [1.165, 1.54) is 38.6 Å². The second-order valence-corrected chi connectivity index (χ2v) is 4.01. The molecule has 2 rings (SSSR count). The topological polar surface area (TPSA) is 12.0 Å². The number of rotatable bonds is 2. The van der Waals surface area contributed by atoms with Gasteiger partial charge in [0.2, 0.25) is 0 Å². The van der Waals surface area contributed by atoms with Crippen LogP contribution in [-0.4, -0.2) is 13.6 Å². The van der Waals surface area contributed by atoms with E-state index < -0.39 is 0 Å². The van der Waals surface area contributed by atoms with Crippen LogP contribution in [0.2, 0.25) is 0 Å². The van der Waals surface area contributed by atoms with Crippen LogP contribution in [0.1, 0.15) is 32.1 Å². The maximum Gasteiger partial charge on any atom is -0.00182 e. The van der Waals surface area contributed by atoms with Crippen molar-refractivity contribution in [3.8, 4) is 0 Å². The van der Waals surface area contributed by atoms with Crippen LogP contribution in [0.3, 0.4) is 0 Å². The fourth-order valence-corrected chi connectivity index (χ4v) is 2.59. The van der Waals surface area contributed by atoms with Gasteiger partial charge in [0.15, 0.2) is 0 Å². The Kier molecular flexibility index (Phi) is 1.48. The van der Waals surface area contributed by atoms with Gasteiger partial charge >= 0.3 is 0 Å². The maximum atomic E-state index is 3.31. The lowest BCUT2D eigenvalue weighted by Gasteiger charge is -2.16. The van der Waals surface area contributed by atoms with Gasteiger partial charge in [0.05, 0.1) is 0 Å². The summed E-state index contributed by atoms with van der Waals surface area (Å²) in [5, 5.41) is 3.31. The maximum absolute atomic E-state index is 3.31. The summed E-state index contributed by atoms with van der Waals surface area (Å²) in [5.74, 6) is 1.03. The predicted molar refractivity (Wildman–Crippen MR) is 42.9 cm³/mol. The van der Waals surface area contributed by atoms with E-state index in [1.807, 2.05) is 0 Å². The fourth-order valence-electron chi connectivity index (χ4n) is 2.59. The molecule has 0 aromatic heterocycles. The summed E-state index contributed by atoms with van der Waals surface area (Å²) in [6.07, 6.45) is 7.56. The highest BCUT2D eigenvalue weighted by atomic mass is 14.8. The van der Waals surface area contributed by atoms with Crippen molar-refractivity contribution < 1.29 is 0 Å². The van der Waals surface area contributed by atoms with Crippen molar-refractivity contribution in [2.45, 2.75) is 32.1 Å². The van der Waals surface area contributed by atoms with Crippen molar-refractivity contribution in [2.75, 3.05) is 13.6 Å². The quantitative estimate of drug-likeness (QED) is 0.615. The molecule has 2 aliphatic carbocycles. The van der Waals surface area contributed by atoms with Crippen LogP contribution >= 0.6 is 0 Å². The summed E-state index contributed by atoms with van der Waals surface area (Å²) in [6.45, 7) is 1.26. The van der Waals surface area contributed by atoms with Crippen LogP contribution < -0.4 is 5.32 Å². The van der Waals surface area contributed by atoms with E-state index in [4.69, 9.17) is 0 Å². The Hall–Kier alpha value is -0.0400. The molecule has 2 fully saturated rings. The molecule has 2 saturated carbocycles. The molecule has 58 valence electrons. The summed E-state index contributed by atoms with van der Waals surface area (Å²) in [4.78, 5) is 0. The Morgan fingerprint density at radius 1 is 1.40 bits per heavy atom. The highest BCUT2D eigenvalue weighted by Crippen LogP contribution is 2.60. The van der Waals surface area contributed by atoms with E-state index in [9.17, 15) is 0 Å². The second kappa shape index (κ2) is 2.23. The molecule has 0 saturated heterocycles. The molecule has 0 aliphatic heterocycles. The molecule has 2 aliphatic rings. The highest BCUT2D eigenvalue weighted by molar-refractivity contribution is 5.02. The lowest BCUT2D eigenvalue weighted by atomic mass is 9.93. The van der Waals surface area contributed by atoms with Gasteiger partial charge in [0.1, 0.15) is 0 Å². The Morgan fingerprint density at radius 3 is 2.80 bits per heavy atom. The first-order chi connectivity index (χ1) is 4.87. The Bertz CT molecular complexity index is 127. The van der Waals surface area contributed by atoms with Gasteiger partial charge in [0.25, 0.3) is 0 Å². The van der Waals surface area contributed by atoms with E-state index >= 15 is 0 Å². The van der Waals surface area contributed by atoms with Crippen molar-refractivity contribution in [3.63, 3.8) is 0 Å². The average Bonchev–Trinajstić information content (AvgIpc) is 2.57. The zero-order valence-electron chi connectivity index (χ0n) is 6.82. The van der Waals surface area contributed by atoms with Crippen LogP contribution in [0.5, 0.6) is 0 Å². The number of nitrogens with one attached hydrogen (secondary N) is 1. The third-order valence-corrected chi connectivity index (χ3v) is 3.44. The molecule has 0 bridgehead atoms. The molecule has 1 atom stereocenters. The van der Waals surface area contributed by atoms with Crippen molar-refractivity contribution in [1.82, 2.24) is 5.32 Å². The van der Waals surface area contributed by atoms with Gasteiger partial charge in [-0.15, -0.1) is 0 Å². The lowest BCUT2D eigenvalue weighted by molar-refractivity contribution is 0.355. The first kappa shape index (κ1) is 6.66. The van der Waals surface area contributed by atoms with Gasteiger partial charge < -0.3 is 5.32 Å². The van der Waals surface area contributed by atoms with Crippen molar-refractivity contribution in [3.05, 3.63) is 0 Å². The summed E-state index contributed by atoms with van der Waals surface area (Å²) in [5.41, 5.74) is 0.850. The zero-order valence-corrected chi connectivity index (χ0v) is 6.82.